The van der Waals surface area contributed by atoms with E-state index in [9.17, 15) is 13.2 Å². The minimum Gasteiger partial charge on any atom is -0.497 e. The predicted octanol–water partition coefficient (Wildman–Crippen LogP) is 5.70. The molecule has 1 aliphatic heterocycles. The Morgan fingerprint density at radius 1 is 0.939 bits per heavy atom. The van der Waals surface area contributed by atoms with Crippen molar-refractivity contribution in [3.8, 4) is 11.5 Å². The van der Waals surface area contributed by atoms with Crippen LogP contribution in [-0.4, -0.2) is 38.0 Å². The molecule has 0 atom stereocenters. The Kier molecular flexibility index (Phi) is 7.35. The van der Waals surface area contributed by atoms with Crippen molar-refractivity contribution in [2.75, 3.05) is 20.3 Å². The van der Waals surface area contributed by atoms with Crippen LogP contribution in [0.25, 0.3) is 10.9 Å². The molecule has 8 heteroatoms. The molecule has 3 aromatic rings. The third-order valence-electron chi connectivity index (χ3n) is 5.72. The molecule has 4 rings (SSSR count). The third-order valence-corrected chi connectivity index (χ3v) is 5.72. The lowest BCUT2D eigenvalue weighted by molar-refractivity contribution is -0.274. The molecule has 2 aromatic carbocycles. The molecule has 0 spiro atoms. The molecular weight excluding hydrogens is 435 g/mol. The number of ether oxygens (including phenoxy) is 4. The van der Waals surface area contributed by atoms with Gasteiger partial charge in [0.05, 0.1) is 25.8 Å². The summed E-state index contributed by atoms with van der Waals surface area (Å²) in [6.07, 6.45) is -0.0111. The number of halogens is 3. The number of nitrogens with zero attached hydrogens (tertiary/aromatic N) is 1. The van der Waals surface area contributed by atoms with Crippen LogP contribution in [0, 0.1) is 5.92 Å². The molecule has 1 saturated heterocycles. The van der Waals surface area contributed by atoms with Crippen molar-refractivity contribution in [3.05, 3.63) is 65.9 Å². The number of hydrogen-bond donors (Lipinski definition) is 0. The van der Waals surface area contributed by atoms with Crippen LogP contribution in [0.5, 0.6) is 11.5 Å². The number of aromatic nitrogens is 1. The molecular formula is C25H26F3NO4. The van der Waals surface area contributed by atoms with Gasteiger partial charge in [-0.05, 0) is 66.8 Å². The van der Waals surface area contributed by atoms with Crippen molar-refractivity contribution in [2.24, 2.45) is 5.92 Å². The van der Waals surface area contributed by atoms with Crippen LogP contribution in [0.15, 0.2) is 54.7 Å². The van der Waals surface area contributed by atoms with E-state index in [-0.39, 0.29) is 18.0 Å². The average Bonchev–Trinajstić information content (AvgIpc) is 2.81. The molecule has 0 saturated carbocycles. The number of hydrogen-bond acceptors (Lipinski definition) is 5. The second-order valence-electron chi connectivity index (χ2n) is 8.08. The fraction of sp³-hybridized carbons (Fsp3) is 0.400. The van der Waals surface area contributed by atoms with Gasteiger partial charge >= 0.3 is 6.36 Å². The zero-order valence-electron chi connectivity index (χ0n) is 18.3. The Morgan fingerprint density at radius 2 is 1.67 bits per heavy atom. The van der Waals surface area contributed by atoms with Gasteiger partial charge in [-0.3, -0.25) is 4.98 Å². The third kappa shape index (κ3) is 6.58. The first kappa shape index (κ1) is 23.3. The van der Waals surface area contributed by atoms with Crippen LogP contribution < -0.4 is 9.47 Å². The van der Waals surface area contributed by atoms with E-state index in [1.807, 2.05) is 30.5 Å². The van der Waals surface area contributed by atoms with E-state index in [1.165, 1.54) is 17.7 Å². The number of rotatable bonds is 8. The number of methoxy groups -OCH3 is 1. The van der Waals surface area contributed by atoms with Gasteiger partial charge in [0, 0.05) is 23.9 Å². The van der Waals surface area contributed by atoms with Gasteiger partial charge < -0.3 is 18.9 Å². The lowest BCUT2D eigenvalue weighted by Crippen LogP contribution is -2.32. The van der Waals surface area contributed by atoms with E-state index in [0.717, 1.165) is 47.9 Å². The van der Waals surface area contributed by atoms with E-state index in [1.54, 1.807) is 19.2 Å². The summed E-state index contributed by atoms with van der Waals surface area (Å²) in [4.78, 5) is 4.41. The Hall–Kier alpha value is -2.84. The smallest absolute Gasteiger partial charge is 0.497 e. The van der Waals surface area contributed by atoms with Crippen LogP contribution >= 0.6 is 0 Å². The normalized spacial score (nSPS) is 18.9. The second kappa shape index (κ2) is 10.4. The molecule has 1 aromatic heterocycles. The Labute approximate surface area is 190 Å². The maximum Gasteiger partial charge on any atom is 0.573 e. The Bertz CT molecular complexity index is 1050. The highest BCUT2D eigenvalue weighted by molar-refractivity contribution is 5.83. The molecule has 2 heterocycles. The lowest BCUT2D eigenvalue weighted by Gasteiger charge is -2.29. The fourth-order valence-corrected chi connectivity index (χ4v) is 3.95. The minimum absolute atomic E-state index is 0.209. The number of fused-ring (bicyclic) bond motifs is 1. The second-order valence-corrected chi connectivity index (χ2v) is 8.08. The molecule has 0 N–H and O–H groups in total. The number of aryl methyl sites for hydroxylation is 2. The Morgan fingerprint density at radius 3 is 2.36 bits per heavy atom. The van der Waals surface area contributed by atoms with Crippen molar-refractivity contribution < 1.29 is 32.1 Å². The molecule has 0 unspecified atom stereocenters. The summed E-state index contributed by atoms with van der Waals surface area (Å²) >= 11 is 0. The number of pyridine rings is 1. The summed E-state index contributed by atoms with van der Waals surface area (Å²) < 4.78 is 57.9. The van der Waals surface area contributed by atoms with E-state index in [0.29, 0.717) is 13.2 Å². The van der Waals surface area contributed by atoms with Gasteiger partial charge in [-0.2, -0.15) is 0 Å². The summed E-state index contributed by atoms with van der Waals surface area (Å²) in [6, 6.07) is 13.8. The topological polar surface area (TPSA) is 49.8 Å². The maximum atomic E-state index is 12.3. The highest BCUT2D eigenvalue weighted by Crippen LogP contribution is 2.26. The van der Waals surface area contributed by atoms with Crippen LogP contribution in [-0.2, 0) is 22.3 Å². The monoisotopic (exact) mass is 461 g/mol. The lowest BCUT2D eigenvalue weighted by atomic mass is 10.00. The zero-order valence-corrected chi connectivity index (χ0v) is 18.3. The van der Waals surface area contributed by atoms with E-state index >= 15 is 0 Å². The average molecular weight is 461 g/mol. The molecule has 0 bridgehead atoms. The van der Waals surface area contributed by atoms with Crippen molar-refractivity contribution in [1.82, 2.24) is 4.98 Å². The van der Waals surface area contributed by atoms with Crippen LogP contribution in [0.4, 0.5) is 13.2 Å². The minimum atomic E-state index is -4.67. The van der Waals surface area contributed by atoms with Crippen molar-refractivity contribution >= 4 is 10.9 Å². The van der Waals surface area contributed by atoms with Gasteiger partial charge in [0.2, 0.25) is 0 Å². The molecule has 0 amide bonds. The SMILES string of the molecule is COc1ccc2nccc(CCC3OCC(CCc4ccc(OC(F)(F)F)cc4)CO3)c2c1. The van der Waals surface area contributed by atoms with Gasteiger partial charge in [0.25, 0.3) is 0 Å². The first-order valence-corrected chi connectivity index (χ1v) is 10.9. The highest BCUT2D eigenvalue weighted by atomic mass is 19.4. The van der Waals surface area contributed by atoms with Gasteiger partial charge in [-0.25, -0.2) is 0 Å². The first-order chi connectivity index (χ1) is 15.9. The molecule has 0 aliphatic carbocycles. The zero-order chi connectivity index (χ0) is 23.3. The molecule has 0 radical (unpaired) electrons. The molecule has 1 aliphatic rings. The summed E-state index contributed by atoms with van der Waals surface area (Å²) in [5, 5.41) is 1.07. The standard InChI is InChI=1S/C25H26F3NO4/c1-30-21-9-10-23-22(14-21)19(12-13-29-23)6-11-24-31-15-18(16-32-24)3-2-17-4-7-20(8-5-17)33-25(26,27)28/h4-5,7-10,12-14,18,24H,2-3,6,11,15-16H2,1H3. The number of benzene rings is 2. The van der Waals surface area contributed by atoms with Gasteiger partial charge in [-0.1, -0.05) is 12.1 Å². The largest absolute Gasteiger partial charge is 0.573 e. The Balaban J connectivity index is 1.22. The van der Waals surface area contributed by atoms with Crippen LogP contribution in [0.3, 0.4) is 0 Å². The van der Waals surface area contributed by atoms with Crippen molar-refractivity contribution in [1.29, 1.82) is 0 Å². The van der Waals surface area contributed by atoms with E-state index in [2.05, 4.69) is 9.72 Å². The first-order valence-electron chi connectivity index (χ1n) is 10.9. The summed E-state index contributed by atoms with van der Waals surface area (Å²) in [7, 11) is 1.65. The van der Waals surface area contributed by atoms with E-state index in [4.69, 9.17) is 14.2 Å². The summed E-state index contributed by atoms with van der Waals surface area (Å²) in [5.41, 5.74) is 3.05. The van der Waals surface area contributed by atoms with Gasteiger partial charge in [0.1, 0.15) is 11.5 Å². The fourth-order valence-electron chi connectivity index (χ4n) is 3.95. The van der Waals surface area contributed by atoms with Gasteiger partial charge in [-0.15, -0.1) is 13.2 Å². The maximum absolute atomic E-state index is 12.3. The quantitative estimate of drug-likeness (QED) is 0.431. The van der Waals surface area contributed by atoms with Gasteiger partial charge in [0.15, 0.2) is 6.29 Å². The number of alkyl halides is 3. The summed E-state index contributed by atoms with van der Waals surface area (Å²) in [6.45, 7) is 1.20. The van der Waals surface area contributed by atoms with Crippen LogP contribution in [0.2, 0.25) is 0 Å². The highest BCUT2D eigenvalue weighted by Gasteiger charge is 2.31. The van der Waals surface area contributed by atoms with E-state index < -0.39 is 6.36 Å². The summed E-state index contributed by atoms with van der Waals surface area (Å²) in [5.74, 6) is 0.837. The molecule has 33 heavy (non-hydrogen) atoms. The van der Waals surface area contributed by atoms with Crippen molar-refractivity contribution in [2.45, 2.75) is 38.3 Å². The molecule has 176 valence electrons. The predicted molar refractivity (Wildman–Crippen MR) is 117 cm³/mol. The van der Waals surface area contributed by atoms with Crippen molar-refractivity contribution in [3.63, 3.8) is 0 Å². The van der Waals surface area contributed by atoms with Crippen LogP contribution in [0.1, 0.15) is 24.0 Å². The molecule has 1 fully saturated rings. The molecule has 5 nitrogen and oxygen atoms in total.